The van der Waals surface area contributed by atoms with Crippen LogP contribution in [0.1, 0.15) is 17.7 Å². The van der Waals surface area contributed by atoms with Crippen LogP contribution in [-0.2, 0) is 0 Å². The van der Waals surface area contributed by atoms with E-state index >= 15 is 0 Å². The lowest BCUT2D eigenvalue weighted by atomic mass is 10.2. The Morgan fingerprint density at radius 2 is 2.24 bits per heavy atom. The van der Waals surface area contributed by atoms with Crippen molar-refractivity contribution in [3.63, 3.8) is 0 Å². The van der Waals surface area contributed by atoms with Crippen LogP contribution in [0, 0.1) is 12.7 Å². The molecule has 1 fully saturated rings. The van der Waals surface area contributed by atoms with E-state index in [0.717, 1.165) is 21.4 Å². The Kier molecular flexibility index (Phi) is 2.55. The van der Waals surface area contributed by atoms with Crippen molar-refractivity contribution in [1.82, 2.24) is 9.97 Å². The van der Waals surface area contributed by atoms with Crippen LogP contribution in [-0.4, -0.2) is 16.0 Å². The fourth-order valence-corrected chi connectivity index (χ4v) is 2.51. The maximum absolute atomic E-state index is 12.8. The lowest BCUT2D eigenvalue weighted by Gasteiger charge is -1.97. The van der Waals surface area contributed by atoms with Gasteiger partial charge in [-0.1, -0.05) is 0 Å². The Morgan fingerprint density at radius 3 is 2.88 bits per heavy atom. The predicted molar refractivity (Wildman–Crippen MR) is 66.7 cm³/mol. The second-order valence-electron chi connectivity index (χ2n) is 4.20. The molecule has 1 saturated carbocycles. The number of hydrogen-bond acceptors (Lipinski definition) is 4. The van der Waals surface area contributed by atoms with Crippen molar-refractivity contribution in [2.24, 2.45) is 0 Å². The first-order chi connectivity index (χ1) is 8.22. The molecule has 1 aliphatic carbocycles. The molecule has 17 heavy (non-hydrogen) atoms. The van der Waals surface area contributed by atoms with Crippen molar-refractivity contribution in [3.05, 3.63) is 29.0 Å². The van der Waals surface area contributed by atoms with Crippen molar-refractivity contribution in [3.8, 4) is 11.4 Å². The maximum Gasteiger partial charge on any atom is 0.183 e. The van der Waals surface area contributed by atoms with Gasteiger partial charge >= 0.3 is 0 Å². The average Bonchev–Trinajstić information content (AvgIpc) is 3.03. The van der Waals surface area contributed by atoms with Gasteiger partial charge < -0.3 is 5.32 Å². The largest absolute Gasteiger partial charge is 0.359 e. The third kappa shape index (κ3) is 2.29. The van der Waals surface area contributed by atoms with Gasteiger partial charge in [0.2, 0.25) is 0 Å². The first-order valence-corrected chi connectivity index (χ1v) is 6.40. The normalized spacial score (nSPS) is 14.9. The molecule has 3 rings (SSSR count). The number of rotatable bonds is 3. The smallest absolute Gasteiger partial charge is 0.183 e. The molecule has 2 heterocycles. The van der Waals surface area contributed by atoms with Gasteiger partial charge in [-0.25, -0.2) is 9.37 Å². The molecule has 0 saturated heterocycles. The minimum Gasteiger partial charge on any atom is -0.359 e. The first kappa shape index (κ1) is 10.7. The second-order valence-corrected chi connectivity index (χ2v) is 5.41. The van der Waals surface area contributed by atoms with E-state index in [1.54, 1.807) is 17.4 Å². The van der Waals surface area contributed by atoms with Crippen LogP contribution in [0.2, 0.25) is 0 Å². The zero-order valence-corrected chi connectivity index (χ0v) is 10.2. The summed E-state index contributed by atoms with van der Waals surface area (Å²) in [5.74, 6) is -0.321. The molecule has 1 aliphatic rings. The average molecular weight is 249 g/mol. The molecule has 5 heteroatoms. The molecule has 3 nitrogen and oxygen atoms in total. The summed E-state index contributed by atoms with van der Waals surface area (Å²) in [6.45, 7) is 2.01. The molecule has 0 bridgehead atoms. The number of pyridine rings is 1. The summed E-state index contributed by atoms with van der Waals surface area (Å²) in [5, 5.41) is 4.30. The van der Waals surface area contributed by atoms with Crippen LogP contribution in [0.25, 0.3) is 11.4 Å². The number of thiazole rings is 1. The molecule has 2 aromatic heterocycles. The standard InChI is InChI=1S/C12H12FN3S/c1-7-11(10-5-2-8(13)6-14-10)16-12(17-7)15-9-3-4-9/h2,5-6,9H,3-4H2,1H3,(H,15,16). The number of aryl methyl sites for hydroxylation is 1. The molecular weight excluding hydrogens is 237 g/mol. The fraction of sp³-hybridized carbons (Fsp3) is 0.333. The Balaban J connectivity index is 1.90. The highest BCUT2D eigenvalue weighted by Gasteiger charge is 2.22. The van der Waals surface area contributed by atoms with Gasteiger partial charge in [0.1, 0.15) is 11.5 Å². The van der Waals surface area contributed by atoms with E-state index in [2.05, 4.69) is 15.3 Å². The van der Waals surface area contributed by atoms with Crippen LogP contribution in [0.5, 0.6) is 0 Å². The molecule has 2 aromatic rings. The third-order valence-electron chi connectivity index (χ3n) is 2.67. The molecule has 0 spiro atoms. The zero-order valence-electron chi connectivity index (χ0n) is 9.40. The lowest BCUT2D eigenvalue weighted by Crippen LogP contribution is -1.99. The molecule has 0 atom stereocenters. The summed E-state index contributed by atoms with van der Waals surface area (Å²) in [6.07, 6.45) is 3.67. The van der Waals surface area contributed by atoms with Crippen molar-refractivity contribution < 1.29 is 4.39 Å². The van der Waals surface area contributed by atoms with Crippen molar-refractivity contribution in [2.75, 3.05) is 5.32 Å². The monoisotopic (exact) mass is 249 g/mol. The molecule has 0 unspecified atom stereocenters. The summed E-state index contributed by atoms with van der Waals surface area (Å²) in [7, 11) is 0. The van der Waals surface area contributed by atoms with Gasteiger partial charge in [-0.05, 0) is 31.9 Å². The summed E-state index contributed by atoms with van der Waals surface area (Å²) in [5.41, 5.74) is 1.57. The van der Waals surface area contributed by atoms with E-state index in [0.29, 0.717) is 6.04 Å². The first-order valence-electron chi connectivity index (χ1n) is 5.58. The Bertz CT molecular complexity index is 531. The van der Waals surface area contributed by atoms with Crippen molar-refractivity contribution in [2.45, 2.75) is 25.8 Å². The summed E-state index contributed by atoms with van der Waals surface area (Å²) < 4.78 is 12.8. The zero-order chi connectivity index (χ0) is 11.8. The topological polar surface area (TPSA) is 37.8 Å². The molecule has 1 N–H and O–H groups in total. The summed E-state index contributed by atoms with van der Waals surface area (Å²) >= 11 is 1.63. The number of anilines is 1. The van der Waals surface area contributed by atoms with Gasteiger partial charge in [0.05, 0.1) is 11.9 Å². The number of hydrogen-bond donors (Lipinski definition) is 1. The number of halogens is 1. The highest BCUT2D eigenvalue weighted by Crippen LogP contribution is 2.32. The van der Waals surface area contributed by atoms with E-state index < -0.39 is 0 Å². The van der Waals surface area contributed by atoms with Gasteiger partial charge in [-0.2, -0.15) is 0 Å². The van der Waals surface area contributed by atoms with E-state index in [1.165, 1.54) is 25.1 Å². The van der Waals surface area contributed by atoms with Crippen LogP contribution in [0.4, 0.5) is 9.52 Å². The van der Waals surface area contributed by atoms with Crippen molar-refractivity contribution >= 4 is 16.5 Å². The predicted octanol–water partition coefficient (Wildman–Crippen LogP) is 3.23. The second kappa shape index (κ2) is 4.07. The number of aromatic nitrogens is 2. The van der Waals surface area contributed by atoms with Crippen LogP contribution in [0.3, 0.4) is 0 Å². The van der Waals surface area contributed by atoms with Crippen LogP contribution >= 0.6 is 11.3 Å². The van der Waals surface area contributed by atoms with Gasteiger partial charge in [-0.3, -0.25) is 4.98 Å². The molecule has 0 amide bonds. The van der Waals surface area contributed by atoms with E-state index in [9.17, 15) is 4.39 Å². The molecule has 0 aromatic carbocycles. The van der Waals surface area contributed by atoms with Gasteiger partial charge in [0.15, 0.2) is 5.13 Å². The minimum absolute atomic E-state index is 0.321. The number of nitrogens with zero attached hydrogens (tertiary/aromatic N) is 2. The SMILES string of the molecule is Cc1sc(NC2CC2)nc1-c1ccc(F)cn1. The molecular formula is C12H12FN3S. The van der Waals surface area contributed by atoms with E-state index in [1.807, 2.05) is 6.92 Å². The minimum atomic E-state index is -0.321. The highest BCUT2D eigenvalue weighted by molar-refractivity contribution is 7.16. The summed E-state index contributed by atoms with van der Waals surface area (Å²) in [6, 6.07) is 3.67. The molecule has 88 valence electrons. The Morgan fingerprint density at radius 1 is 1.41 bits per heavy atom. The number of nitrogens with one attached hydrogen (secondary N) is 1. The van der Waals surface area contributed by atoms with E-state index in [-0.39, 0.29) is 5.82 Å². The van der Waals surface area contributed by atoms with E-state index in [4.69, 9.17) is 0 Å². The third-order valence-corrected chi connectivity index (χ3v) is 3.57. The molecule has 0 aliphatic heterocycles. The fourth-order valence-electron chi connectivity index (χ4n) is 1.61. The van der Waals surface area contributed by atoms with Gasteiger partial charge in [0.25, 0.3) is 0 Å². The Hall–Kier alpha value is -1.49. The van der Waals surface area contributed by atoms with Gasteiger partial charge in [-0.15, -0.1) is 11.3 Å². The van der Waals surface area contributed by atoms with Crippen molar-refractivity contribution in [1.29, 1.82) is 0 Å². The Labute approximate surface area is 103 Å². The lowest BCUT2D eigenvalue weighted by molar-refractivity contribution is 0.622. The van der Waals surface area contributed by atoms with Crippen LogP contribution < -0.4 is 5.32 Å². The van der Waals surface area contributed by atoms with Gasteiger partial charge in [0, 0.05) is 10.9 Å². The van der Waals surface area contributed by atoms with Crippen LogP contribution in [0.15, 0.2) is 18.3 Å². The molecule has 0 radical (unpaired) electrons. The highest BCUT2D eigenvalue weighted by atomic mass is 32.1. The maximum atomic E-state index is 12.8. The summed E-state index contributed by atoms with van der Waals surface area (Å²) in [4.78, 5) is 9.68. The quantitative estimate of drug-likeness (QED) is 0.907.